The first-order valence-corrected chi connectivity index (χ1v) is 8.33. The molecule has 1 aliphatic rings. The lowest BCUT2D eigenvalue weighted by Crippen LogP contribution is -2.39. The number of likely N-dealkylation sites (tertiary alicyclic amines) is 1. The summed E-state index contributed by atoms with van der Waals surface area (Å²) in [5.41, 5.74) is 0. The standard InChI is InChI=1S/C16H29N5O/c1-13(21-15(3)17-14(2)18-21)12-16(22)19(4)10-11-20-8-6-5-7-9-20/h13H,5-12H2,1-4H3/t13-/m1/s1. The van der Waals surface area contributed by atoms with Crippen LogP contribution in [0.4, 0.5) is 0 Å². The quantitative estimate of drug-likeness (QED) is 0.804. The van der Waals surface area contributed by atoms with Crippen LogP contribution in [-0.4, -0.2) is 63.7 Å². The molecule has 0 saturated carbocycles. The molecule has 124 valence electrons. The van der Waals surface area contributed by atoms with Gasteiger partial charge in [-0.25, -0.2) is 9.67 Å². The fraction of sp³-hybridized carbons (Fsp3) is 0.812. The highest BCUT2D eigenvalue weighted by Crippen LogP contribution is 2.14. The van der Waals surface area contributed by atoms with Crippen molar-refractivity contribution in [1.82, 2.24) is 24.6 Å². The number of aryl methyl sites for hydroxylation is 2. The number of piperidine rings is 1. The second-order valence-corrected chi connectivity index (χ2v) is 6.42. The van der Waals surface area contributed by atoms with Gasteiger partial charge in [-0.1, -0.05) is 6.42 Å². The number of nitrogens with zero attached hydrogens (tertiary/aromatic N) is 5. The van der Waals surface area contributed by atoms with Crippen LogP contribution in [0.5, 0.6) is 0 Å². The highest BCUT2D eigenvalue weighted by molar-refractivity contribution is 5.76. The SMILES string of the molecule is Cc1nc(C)n([C@H](C)CC(=O)N(C)CCN2CCCCC2)n1. The Labute approximate surface area is 133 Å². The number of hydrogen-bond acceptors (Lipinski definition) is 4. The van der Waals surface area contributed by atoms with E-state index in [2.05, 4.69) is 15.0 Å². The Morgan fingerprint density at radius 3 is 2.55 bits per heavy atom. The average Bonchev–Trinajstić information content (AvgIpc) is 2.84. The molecule has 0 N–H and O–H groups in total. The summed E-state index contributed by atoms with van der Waals surface area (Å²) in [6.45, 7) is 9.98. The Bertz CT molecular complexity index is 493. The summed E-state index contributed by atoms with van der Waals surface area (Å²) in [6.07, 6.45) is 4.40. The summed E-state index contributed by atoms with van der Waals surface area (Å²) in [7, 11) is 1.90. The van der Waals surface area contributed by atoms with E-state index < -0.39 is 0 Å². The maximum absolute atomic E-state index is 12.4. The maximum Gasteiger partial charge on any atom is 0.224 e. The predicted molar refractivity (Wildman–Crippen MR) is 86.8 cm³/mol. The normalized spacial score (nSPS) is 17.5. The van der Waals surface area contributed by atoms with E-state index in [-0.39, 0.29) is 11.9 Å². The summed E-state index contributed by atoms with van der Waals surface area (Å²) in [6, 6.07) is 0.0473. The summed E-state index contributed by atoms with van der Waals surface area (Å²) >= 11 is 0. The van der Waals surface area contributed by atoms with E-state index in [1.807, 2.05) is 37.4 Å². The average molecular weight is 307 g/mol. The molecule has 2 heterocycles. The van der Waals surface area contributed by atoms with Crippen LogP contribution in [0.3, 0.4) is 0 Å². The van der Waals surface area contributed by atoms with Gasteiger partial charge in [0.05, 0.1) is 6.04 Å². The van der Waals surface area contributed by atoms with Crippen LogP contribution >= 0.6 is 0 Å². The van der Waals surface area contributed by atoms with Gasteiger partial charge in [-0.05, 0) is 46.7 Å². The predicted octanol–water partition coefficient (Wildman–Crippen LogP) is 1.79. The van der Waals surface area contributed by atoms with Crippen molar-refractivity contribution in [2.75, 3.05) is 33.2 Å². The molecule has 6 nitrogen and oxygen atoms in total. The van der Waals surface area contributed by atoms with Crippen LogP contribution in [0.2, 0.25) is 0 Å². The number of carbonyl (C=O) groups is 1. The van der Waals surface area contributed by atoms with Crippen molar-refractivity contribution in [1.29, 1.82) is 0 Å². The third-order valence-corrected chi connectivity index (χ3v) is 4.42. The summed E-state index contributed by atoms with van der Waals surface area (Å²) < 4.78 is 1.85. The van der Waals surface area contributed by atoms with Gasteiger partial charge in [0.1, 0.15) is 11.6 Å². The van der Waals surface area contributed by atoms with E-state index in [4.69, 9.17) is 0 Å². The van der Waals surface area contributed by atoms with Crippen LogP contribution in [0.15, 0.2) is 0 Å². The van der Waals surface area contributed by atoms with Crippen molar-refractivity contribution in [2.24, 2.45) is 0 Å². The monoisotopic (exact) mass is 307 g/mol. The van der Waals surface area contributed by atoms with Crippen molar-refractivity contribution in [3.8, 4) is 0 Å². The second-order valence-electron chi connectivity index (χ2n) is 6.42. The minimum absolute atomic E-state index is 0.0473. The van der Waals surface area contributed by atoms with Gasteiger partial charge in [0.25, 0.3) is 0 Å². The first kappa shape index (κ1) is 16.9. The first-order chi connectivity index (χ1) is 10.5. The molecule has 0 spiro atoms. The van der Waals surface area contributed by atoms with Gasteiger partial charge in [0.15, 0.2) is 0 Å². The molecule has 1 saturated heterocycles. The van der Waals surface area contributed by atoms with Gasteiger partial charge in [-0.2, -0.15) is 5.10 Å². The zero-order valence-corrected chi connectivity index (χ0v) is 14.4. The number of rotatable bonds is 6. The Hall–Kier alpha value is -1.43. The molecule has 1 fully saturated rings. The van der Waals surface area contributed by atoms with Gasteiger partial charge in [0.2, 0.25) is 5.91 Å². The molecule has 1 atom stereocenters. The molecule has 0 bridgehead atoms. The third kappa shape index (κ3) is 4.53. The molecule has 1 aromatic heterocycles. The van der Waals surface area contributed by atoms with E-state index >= 15 is 0 Å². The van der Waals surface area contributed by atoms with Crippen molar-refractivity contribution in [3.05, 3.63) is 11.6 Å². The van der Waals surface area contributed by atoms with Crippen molar-refractivity contribution in [3.63, 3.8) is 0 Å². The van der Waals surface area contributed by atoms with Gasteiger partial charge >= 0.3 is 0 Å². The highest BCUT2D eigenvalue weighted by Gasteiger charge is 2.18. The van der Waals surface area contributed by atoms with Crippen LogP contribution < -0.4 is 0 Å². The molecule has 1 aromatic rings. The second kappa shape index (κ2) is 7.72. The van der Waals surface area contributed by atoms with Crippen LogP contribution in [0.25, 0.3) is 0 Å². The minimum Gasteiger partial charge on any atom is -0.344 e. The summed E-state index contributed by atoms with van der Waals surface area (Å²) in [5, 5.41) is 4.37. The number of amides is 1. The molecule has 0 aromatic carbocycles. The number of likely N-dealkylation sites (N-methyl/N-ethyl adjacent to an activating group) is 1. The summed E-state index contributed by atoms with van der Waals surface area (Å²) in [4.78, 5) is 21.0. The largest absolute Gasteiger partial charge is 0.344 e. The Kier molecular flexibility index (Phi) is 5.94. The lowest BCUT2D eigenvalue weighted by Gasteiger charge is -2.29. The molecular weight excluding hydrogens is 278 g/mol. The fourth-order valence-corrected chi connectivity index (χ4v) is 3.05. The lowest BCUT2D eigenvalue weighted by molar-refractivity contribution is -0.130. The molecule has 0 unspecified atom stereocenters. The number of hydrogen-bond donors (Lipinski definition) is 0. The number of aromatic nitrogens is 3. The van der Waals surface area contributed by atoms with Crippen LogP contribution in [0, 0.1) is 13.8 Å². The fourth-order valence-electron chi connectivity index (χ4n) is 3.05. The molecule has 1 aliphatic heterocycles. The zero-order chi connectivity index (χ0) is 16.1. The van der Waals surface area contributed by atoms with E-state index in [0.29, 0.717) is 6.42 Å². The van der Waals surface area contributed by atoms with Gasteiger partial charge in [-0.15, -0.1) is 0 Å². The smallest absolute Gasteiger partial charge is 0.224 e. The summed E-state index contributed by atoms with van der Waals surface area (Å²) in [5.74, 6) is 1.81. The van der Waals surface area contributed by atoms with Gasteiger partial charge < -0.3 is 9.80 Å². The molecule has 2 rings (SSSR count). The topological polar surface area (TPSA) is 54.3 Å². The molecular formula is C16H29N5O. The van der Waals surface area contributed by atoms with Crippen molar-refractivity contribution >= 4 is 5.91 Å². The van der Waals surface area contributed by atoms with Gasteiger partial charge in [-0.3, -0.25) is 4.79 Å². The molecule has 0 radical (unpaired) electrons. The molecule has 6 heteroatoms. The highest BCUT2D eigenvalue weighted by atomic mass is 16.2. The van der Waals surface area contributed by atoms with E-state index in [1.165, 1.54) is 32.4 Å². The first-order valence-electron chi connectivity index (χ1n) is 8.33. The minimum atomic E-state index is 0.0473. The number of carbonyl (C=O) groups excluding carboxylic acids is 1. The Morgan fingerprint density at radius 2 is 1.95 bits per heavy atom. The molecule has 0 aliphatic carbocycles. The van der Waals surface area contributed by atoms with E-state index in [0.717, 1.165) is 24.7 Å². The van der Waals surface area contributed by atoms with E-state index in [9.17, 15) is 4.79 Å². The van der Waals surface area contributed by atoms with Gasteiger partial charge in [0, 0.05) is 26.6 Å². The lowest BCUT2D eigenvalue weighted by atomic mass is 10.1. The zero-order valence-electron chi connectivity index (χ0n) is 14.4. The third-order valence-electron chi connectivity index (χ3n) is 4.42. The Morgan fingerprint density at radius 1 is 1.27 bits per heavy atom. The van der Waals surface area contributed by atoms with Crippen molar-refractivity contribution < 1.29 is 4.79 Å². The van der Waals surface area contributed by atoms with Crippen molar-refractivity contribution in [2.45, 2.75) is 52.5 Å². The van der Waals surface area contributed by atoms with Crippen LogP contribution in [0.1, 0.15) is 50.3 Å². The Balaban J connectivity index is 1.79. The molecule has 22 heavy (non-hydrogen) atoms. The van der Waals surface area contributed by atoms with Crippen LogP contribution in [-0.2, 0) is 4.79 Å². The van der Waals surface area contributed by atoms with E-state index in [1.54, 1.807) is 0 Å². The maximum atomic E-state index is 12.4. The molecule has 1 amide bonds.